The van der Waals surface area contributed by atoms with E-state index in [2.05, 4.69) is 16.7 Å². The summed E-state index contributed by atoms with van der Waals surface area (Å²) in [5.74, 6) is 3.82. The van der Waals surface area contributed by atoms with Gasteiger partial charge in [0.25, 0.3) is 0 Å². The Hall–Kier alpha value is 0.310. The van der Waals surface area contributed by atoms with Crippen LogP contribution < -0.4 is 0 Å². The van der Waals surface area contributed by atoms with E-state index in [0.717, 1.165) is 5.92 Å². The molecule has 0 aromatic heterocycles. The van der Waals surface area contributed by atoms with E-state index < -0.39 is 0 Å². The molecule has 0 unspecified atom stereocenters. The molecule has 2 aliphatic rings. The van der Waals surface area contributed by atoms with Crippen LogP contribution in [-0.4, -0.2) is 36.0 Å². The van der Waals surface area contributed by atoms with Gasteiger partial charge in [0, 0.05) is 18.8 Å². The standard InChI is InChI=1S/C10H19NS/c1-3-10(4-1)9-11-5-2-7-12-8-6-11/h10H,1-9H2. The molecule has 0 bridgehead atoms. The second-order valence-electron chi connectivity index (χ2n) is 4.06. The molecule has 12 heavy (non-hydrogen) atoms. The van der Waals surface area contributed by atoms with Gasteiger partial charge in [0.2, 0.25) is 0 Å². The third-order valence-electron chi connectivity index (χ3n) is 3.06. The van der Waals surface area contributed by atoms with Crippen molar-refractivity contribution in [2.75, 3.05) is 31.1 Å². The minimum absolute atomic E-state index is 1.06. The lowest BCUT2D eigenvalue weighted by molar-refractivity contribution is 0.187. The summed E-state index contributed by atoms with van der Waals surface area (Å²) in [6.07, 6.45) is 5.91. The lowest BCUT2D eigenvalue weighted by atomic mass is 9.85. The van der Waals surface area contributed by atoms with E-state index >= 15 is 0 Å². The summed E-state index contributed by atoms with van der Waals surface area (Å²) in [7, 11) is 0. The van der Waals surface area contributed by atoms with Crippen molar-refractivity contribution in [2.45, 2.75) is 25.7 Å². The first-order valence-corrected chi connectivity index (χ1v) is 6.41. The van der Waals surface area contributed by atoms with Crippen LogP contribution in [0.3, 0.4) is 0 Å². The Bertz CT molecular complexity index is 126. The van der Waals surface area contributed by atoms with Crippen LogP contribution >= 0.6 is 11.8 Å². The van der Waals surface area contributed by atoms with Crippen LogP contribution in [0.15, 0.2) is 0 Å². The molecule has 0 radical (unpaired) electrons. The molecule has 1 aliphatic carbocycles. The summed E-state index contributed by atoms with van der Waals surface area (Å²) < 4.78 is 0. The Balaban J connectivity index is 1.69. The number of hydrogen-bond donors (Lipinski definition) is 0. The smallest absolute Gasteiger partial charge is 0.00725 e. The van der Waals surface area contributed by atoms with Crippen molar-refractivity contribution in [3.63, 3.8) is 0 Å². The Labute approximate surface area is 79.9 Å². The summed E-state index contributed by atoms with van der Waals surface area (Å²) in [4.78, 5) is 2.68. The van der Waals surface area contributed by atoms with Crippen molar-refractivity contribution in [2.24, 2.45) is 5.92 Å². The van der Waals surface area contributed by atoms with Gasteiger partial charge in [0.15, 0.2) is 0 Å². The predicted octanol–water partition coefficient (Wildman–Crippen LogP) is 2.23. The lowest BCUT2D eigenvalue weighted by Crippen LogP contribution is -2.34. The fourth-order valence-electron chi connectivity index (χ4n) is 2.02. The minimum Gasteiger partial charge on any atom is -0.302 e. The summed E-state index contributed by atoms with van der Waals surface area (Å²) in [5, 5.41) is 0. The summed E-state index contributed by atoms with van der Waals surface area (Å²) >= 11 is 2.13. The molecule has 1 nitrogen and oxygen atoms in total. The molecule has 1 saturated heterocycles. The lowest BCUT2D eigenvalue weighted by Gasteiger charge is -2.31. The summed E-state index contributed by atoms with van der Waals surface area (Å²) in [6, 6.07) is 0. The van der Waals surface area contributed by atoms with E-state index in [9.17, 15) is 0 Å². The third kappa shape index (κ3) is 2.40. The number of hydrogen-bond acceptors (Lipinski definition) is 2. The Morgan fingerprint density at radius 3 is 2.75 bits per heavy atom. The van der Waals surface area contributed by atoms with Gasteiger partial charge in [0.05, 0.1) is 0 Å². The molecule has 1 heterocycles. The Kier molecular flexibility index (Phi) is 3.35. The molecule has 2 heteroatoms. The first-order chi connectivity index (χ1) is 5.95. The first-order valence-electron chi connectivity index (χ1n) is 5.25. The van der Waals surface area contributed by atoms with Crippen LogP contribution in [0.4, 0.5) is 0 Å². The minimum atomic E-state index is 1.06. The topological polar surface area (TPSA) is 3.24 Å². The van der Waals surface area contributed by atoms with Gasteiger partial charge in [0.1, 0.15) is 0 Å². The molecular formula is C10H19NS. The average Bonchev–Trinajstić information content (AvgIpc) is 2.24. The maximum atomic E-state index is 2.68. The van der Waals surface area contributed by atoms with Crippen LogP contribution in [0.5, 0.6) is 0 Å². The van der Waals surface area contributed by atoms with Crippen LogP contribution in [0.25, 0.3) is 0 Å². The number of nitrogens with zero attached hydrogens (tertiary/aromatic N) is 1. The predicted molar refractivity (Wildman–Crippen MR) is 55.7 cm³/mol. The van der Waals surface area contributed by atoms with Gasteiger partial charge in [-0.05, 0) is 37.5 Å². The highest BCUT2D eigenvalue weighted by molar-refractivity contribution is 7.99. The maximum absolute atomic E-state index is 2.68. The molecule has 2 rings (SSSR count). The summed E-state index contributed by atoms with van der Waals surface area (Å²) in [6.45, 7) is 4.12. The fraction of sp³-hybridized carbons (Fsp3) is 1.00. The molecule has 0 aromatic rings. The SMILES string of the molecule is C1CC(CN2CCCSCC2)C1. The molecule has 0 amide bonds. The molecule has 1 saturated carbocycles. The third-order valence-corrected chi connectivity index (χ3v) is 4.10. The molecule has 0 atom stereocenters. The zero-order valence-electron chi connectivity index (χ0n) is 7.80. The van der Waals surface area contributed by atoms with Crippen LogP contribution in [-0.2, 0) is 0 Å². The fourth-order valence-corrected chi connectivity index (χ4v) is 2.95. The monoisotopic (exact) mass is 185 g/mol. The van der Waals surface area contributed by atoms with Gasteiger partial charge < -0.3 is 4.90 Å². The highest BCUT2D eigenvalue weighted by Crippen LogP contribution is 2.27. The molecule has 0 aromatic carbocycles. The quantitative estimate of drug-likeness (QED) is 0.649. The number of rotatable bonds is 2. The normalized spacial score (nSPS) is 28.0. The second kappa shape index (κ2) is 4.52. The van der Waals surface area contributed by atoms with Gasteiger partial charge in [-0.25, -0.2) is 0 Å². The molecule has 2 fully saturated rings. The van der Waals surface area contributed by atoms with E-state index in [-0.39, 0.29) is 0 Å². The van der Waals surface area contributed by atoms with Gasteiger partial charge in [-0.3, -0.25) is 0 Å². The Morgan fingerprint density at radius 2 is 2.00 bits per heavy atom. The molecule has 1 aliphatic heterocycles. The van der Waals surface area contributed by atoms with E-state index in [1.54, 1.807) is 0 Å². The second-order valence-corrected chi connectivity index (χ2v) is 5.29. The maximum Gasteiger partial charge on any atom is 0.00725 e. The first kappa shape index (κ1) is 8.89. The van der Waals surface area contributed by atoms with Crippen molar-refractivity contribution in [3.05, 3.63) is 0 Å². The average molecular weight is 185 g/mol. The van der Waals surface area contributed by atoms with Crippen LogP contribution in [0, 0.1) is 5.92 Å². The van der Waals surface area contributed by atoms with E-state index in [1.165, 1.54) is 56.8 Å². The molecule has 70 valence electrons. The number of thioether (sulfide) groups is 1. The Morgan fingerprint density at radius 1 is 1.08 bits per heavy atom. The summed E-state index contributed by atoms with van der Waals surface area (Å²) in [5.41, 5.74) is 0. The molecule has 0 N–H and O–H groups in total. The van der Waals surface area contributed by atoms with E-state index in [1.807, 2.05) is 0 Å². The van der Waals surface area contributed by atoms with Crippen molar-refractivity contribution in [1.82, 2.24) is 4.90 Å². The van der Waals surface area contributed by atoms with Crippen molar-refractivity contribution in [3.8, 4) is 0 Å². The van der Waals surface area contributed by atoms with Crippen LogP contribution in [0.1, 0.15) is 25.7 Å². The van der Waals surface area contributed by atoms with Crippen molar-refractivity contribution < 1.29 is 0 Å². The molecular weight excluding hydrogens is 166 g/mol. The van der Waals surface area contributed by atoms with Crippen LogP contribution in [0.2, 0.25) is 0 Å². The highest BCUT2D eigenvalue weighted by atomic mass is 32.2. The van der Waals surface area contributed by atoms with Gasteiger partial charge >= 0.3 is 0 Å². The molecule has 0 spiro atoms. The van der Waals surface area contributed by atoms with Crippen molar-refractivity contribution in [1.29, 1.82) is 0 Å². The largest absolute Gasteiger partial charge is 0.302 e. The van der Waals surface area contributed by atoms with Gasteiger partial charge in [-0.1, -0.05) is 6.42 Å². The zero-order chi connectivity index (χ0) is 8.23. The van der Waals surface area contributed by atoms with Gasteiger partial charge in [-0.15, -0.1) is 0 Å². The van der Waals surface area contributed by atoms with E-state index in [4.69, 9.17) is 0 Å². The van der Waals surface area contributed by atoms with Crippen molar-refractivity contribution >= 4 is 11.8 Å². The highest BCUT2D eigenvalue weighted by Gasteiger charge is 2.20. The van der Waals surface area contributed by atoms with Gasteiger partial charge in [-0.2, -0.15) is 11.8 Å². The van der Waals surface area contributed by atoms with E-state index in [0.29, 0.717) is 0 Å². The zero-order valence-corrected chi connectivity index (χ0v) is 8.61.